The van der Waals surface area contributed by atoms with Gasteiger partial charge in [-0.15, -0.1) is 0 Å². The molecule has 0 aliphatic carbocycles. The summed E-state index contributed by atoms with van der Waals surface area (Å²) in [5.41, 5.74) is 0.842. The third-order valence-corrected chi connectivity index (χ3v) is 2.36. The Morgan fingerprint density at radius 2 is 2.11 bits per heavy atom. The molecule has 96 valence electrons. The Labute approximate surface area is 105 Å². The van der Waals surface area contributed by atoms with Crippen molar-refractivity contribution in [3.05, 3.63) is 47.6 Å². The molecule has 1 heterocycles. The van der Waals surface area contributed by atoms with Crippen LogP contribution >= 0.6 is 0 Å². The minimum atomic E-state index is -0.282. The fraction of sp³-hybridized carbons (Fsp3) is 0.308. The maximum Gasteiger partial charge on any atom is 0.174 e. The molecule has 0 spiro atoms. The number of benzene rings is 1. The van der Waals surface area contributed by atoms with E-state index in [1.165, 1.54) is 12.1 Å². The zero-order chi connectivity index (χ0) is 12.8. The van der Waals surface area contributed by atoms with Gasteiger partial charge in [-0.05, 0) is 30.8 Å². The molecule has 0 saturated carbocycles. The summed E-state index contributed by atoms with van der Waals surface area (Å²) in [6.45, 7) is 3.87. The molecular formula is C13H15FN2O2. The van der Waals surface area contributed by atoms with Gasteiger partial charge < -0.3 is 14.6 Å². The molecule has 0 amide bonds. The average Bonchev–Trinajstić information content (AvgIpc) is 2.84. The standard InChI is InChI=1S/C13H15FN2O2/c1-2-15-8-11-7-13(18-16-11)9-17-12-5-3-10(14)4-6-12/h3-7,15H,2,8-9H2,1H3. The zero-order valence-electron chi connectivity index (χ0n) is 10.1. The van der Waals surface area contributed by atoms with Crippen molar-refractivity contribution in [1.82, 2.24) is 10.5 Å². The molecule has 0 radical (unpaired) electrons. The van der Waals surface area contributed by atoms with Gasteiger partial charge in [-0.2, -0.15) is 0 Å². The van der Waals surface area contributed by atoms with Crippen LogP contribution in [0.25, 0.3) is 0 Å². The third kappa shape index (κ3) is 3.56. The summed E-state index contributed by atoms with van der Waals surface area (Å²) in [4.78, 5) is 0. The van der Waals surface area contributed by atoms with Crippen LogP contribution < -0.4 is 10.1 Å². The van der Waals surface area contributed by atoms with E-state index in [9.17, 15) is 4.39 Å². The lowest BCUT2D eigenvalue weighted by Gasteiger charge is -2.02. The van der Waals surface area contributed by atoms with Crippen molar-refractivity contribution in [3.8, 4) is 5.75 Å². The first-order chi connectivity index (χ1) is 8.78. The van der Waals surface area contributed by atoms with Crippen LogP contribution in [0.15, 0.2) is 34.9 Å². The molecular weight excluding hydrogens is 235 g/mol. The van der Waals surface area contributed by atoms with Crippen LogP contribution in [0.3, 0.4) is 0 Å². The topological polar surface area (TPSA) is 47.3 Å². The van der Waals surface area contributed by atoms with E-state index in [4.69, 9.17) is 9.26 Å². The Hall–Kier alpha value is -1.88. The van der Waals surface area contributed by atoms with Crippen molar-refractivity contribution < 1.29 is 13.7 Å². The predicted molar refractivity (Wildman–Crippen MR) is 64.6 cm³/mol. The maximum absolute atomic E-state index is 12.7. The second-order valence-electron chi connectivity index (χ2n) is 3.81. The largest absolute Gasteiger partial charge is 0.486 e. The van der Waals surface area contributed by atoms with E-state index in [0.29, 0.717) is 18.1 Å². The lowest BCUT2D eigenvalue weighted by Crippen LogP contribution is -2.11. The Kier molecular flexibility index (Phi) is 4.30. The molecule has 0 aliphatic rings. The molecule has 1 N–H and O–H groups in total. The van der Waals surface area contributed by atoms with Gasteiger partial charge in [-0.3, -0.25) is 0 Å². The summed E-state index contributed by atoms with van der Waals surface area (Å²) in [5, 5.41) is 7.06. The van der Waals surface area contributed by atoms with E-state index < -0.39 is 0 Å². The summed E-state index contributed by atoms with van der Waals surface area (Å²) in [6.07, 6.45) is 0. The summed E-state index contributed by atoms with van der Waals surface area (Å²) >= 11 is 0. The highest BCUT2D eigenvalue weighted by Gasteiger charge is 2.04. The molecule has 4 nitrogen and oxygen atoms in total. The van der Waals surface area contributed by atoms with E-state index in [-0.39, 0.29) is 12.4 Å². The highest BCUT2D eigenvalue weighted by Crippen LogP contribution is 2.13. The van der Waals surface area contributed by atoms with Crippen molar-refractivity contribution in [2.75, 3.05) is 6.54 Å². The lowest BCUT2D eigenvalue weighted by molar-refractivity contribution is 0.248. The van der Waals surface area contributed by atoms with Crippen LogP contribution in [0.5, 0.6) is 5.75 Å². The Balaban J connectivity index is 1.86. The molecule has 18 heavy (non-hydrogen) atoms. The van der Waals surface area contributed by atoms with Gasteiger partial charge in [-0.25, -0.2) is 4.39 Å². The predicted octanol–water partition coefficient (Wildman–Crippen LogP) is 2.50. The highest BCUT2D eigenvalue weighted by molar-refractivity contribution is 5.22. The van der Waals surface area contributed by atoms with E-state index in [0.717, 1.165) is 12.2 Å². The number of rotatable bonds is 6. The molecule has 1 aromatic heterocycles. The highest BCUT2D eigenvalue weighted by atomic mass is 19.1. The smallest absolute Gasteiger partial charge is 0.174 e. The summed E-state index contributed by atoms with van der Waals surface area (Å²) < 4.78 is 23.2. The summed E-state index contributed by atoms with van der Waals surface area (Å²) in [5.74, 6) is 0.961. The molecule has 5 heteroatoms. The van der Waals surface area contributed by atoms with Crippen LogP contribution in [0.2, 0.25) is 0 Å². The fourth-order valence-electron chi connectivity index (χ4n) is 1.45. The number of ether oxygens (including phenoxy) is 1. The lowest BCUT2D eigenvalue weighted by atomic mass is 10.3. The van der Waals surface area contributed by atoms with E-state index >= 15 is 0 Å². The van der Waals surface area contributed by atoms with Crippen molar-refractivity contribution in [2.24, 2.45) is 0 Å². The van der Waals surface area contributed by atoms with Crippen molar-refractivity contribution in [2.45, 2.75) is 20.1 Å². The third-order valence-electron chi connectivity index (χ3n) is 2.36. The van der Waals surface area contributed by atoms with E-state index in [1.54, 1.807) is 12.1 Å². The molecule has 0 unspecified atom stereocenters. The second-order valence-corrected chi connectivity index (χ2v) is 3.81. The molecule has 2 rings (SSSR count). The van der Waals surface area contributed by atoms with Crippen molar-refractivity contribution >= 4 is 0 Å². The Bertz CT molecular complexity index is 482. The number of hydrogen-bond acceptors (Lipinski definition) is 4. The first-order valence-electron chi connectivity index (χ1n) is 5.81. The monoisotopic (exact) mass is 250 g/mol. The molecule has 2 aromatic rings. The Morgan fingerprint density at radius 1 is 1.33 bits per heavy atom. The van der Waals surface area contributed by atoms with Crippen LogP contribution in [0.1, 0.15) is 18.4 Å². The van der Waals surface area contributed by atoms with E-state index in [2.05, 4.69) is 10.5 Å². The minimum absolute atomic E-state index is 0.282. The second kappa shape index (κ2) is 6.16. The maximum atomic E-state index is 12.7. The zero-order valence-corrected chi connectivity index (χ0v) is 10.1. The molecule has 0 atom stereocenters. The van der Waals surface area contributed by atoms with Crippen LogP contribution in [0.4, 0.5) is 4.39 Å². The summed E-state index contributed by atoms with van der Waals surface area (Å²) in [7, 11) is 0. The van der Waals surface area contributed by atoms with Gasteiger partial charge in [0.15, 0.2) is 5.76 Å². The van der Waals surface area contributed by atoms with Gasteiger partial charge in [-0.1, -0.05) is 12.1 Å². The molecule has 1 aromatic carbocycles. The first kappa shape index (κ1) is 12.6. The van der Waals surface area contributed by atoms with Crippen LogP contribution in [0, 0.1) is 5.82 Å². The molecule has 0 bridgehead atoms. The summed E-state index contributed by atoms with van der Waals surface area (Å²) in [6, 6.07) is 7.70. The van der Waals surface area contributed by atoms with E-state index in [1.807, 2.05) is 13.0 Å². The van der Waals surface area contributed by atoms with Gasteiger partial charge in [0.2, 0.25) is 0 Å². The molecule has 0 fully saturated rings. The quantitative estimate of drug-likeness (QED) is 0.855. The molecule has 0 aliphatic heterocycles. The van der Waals surface area contributed by atoms with Gasteiger partial charge in [0.05, 0.1) is 5.69 Å². The minimum Gasteiger partial charge on any atom is -0.486 e. The number of nitrogens with zero attached hydrogens (tertiary/aromatic N) is 1. The number of nitrogens with one attached hydrogen (secondary N) is 1. The van der Waals surface area contributed by atoms with Crippen molar-refractivity contribution in [3.63, 3.8) is 0 Å². The molecule has 0 saturated heterocycles. The van der Waals surface area contributed by atoms with Crippen LogP contribution in [-0.2, 0) is 13.2 Å². The van der Waals surface area contributed by atoms with Gasteiger partial charge in [0.25, 0.3) is 0 Å². The van der Waals surface area contributed by atoms with Gasteiger partial charge in [0.1, 0.15) is 18.2 Å². The SMILES string of the molecule is CCNCc1cc(COc2ccc(F)cc2)on1. The number of aromatic nitrogens is 1. The number of halogens is 1. The normalized spacial score (nSPS) is 10.6. The number of hydrogen-bond donors (Lipinski definition) is 1. The first-order valence-corrected chi connectivity index (χ1v) is 5.81. The van der Waals surface area contributed by atoms with Gasteiger partial charge >= 0.3 is 0 Å². The Morgan fingerprint density at radius 3 is 2.83 bits per heavy atom. The average molecular weight is 250 g/mol. The fourth-order valence-corrected chi connectivity index (χ4v) is 1.45. The van der Waals surface area contributed by atoms with Gasteiger partial charge in [0, 0.05) is 12.6 Å². The van der Waals surface area contributed by atoms with Crippen molar-refractivity contribution in [1.29, 1.82) is 0 Å². The van der Waals surface area contributed by atoms with Crippen LogP contribution in [-0.4, -0.2) is 11.7 Å².